The third-order valence-electron chi connectivity index (χ3n) is 2.37. The molecule has 1 aromatic heterocycles. The molecule has 5 nitrogen and oxygen atoms in total. The first kappa shape index (κ1) is 13.4. The van der Waals surface area contributed by atoms with Gasteiger partial charge in [-0.1, -0.05) is 26.1 Å². The van der Waals surface area contributed by atoms with Crippen molar-refractivity contribution in [2.24, 2.45) is 17.4 Å². The van der Waals surface area contributed by atoms with Gasteiger partial charge in [-0.15, -0.1) is 0 Å². The van der Waals surface area contributed by atoms with E-state index in [-0.39, 0.29) is 10.9 Å². The van der Waals surface area contributed by atoms with Crippen molar-refractivity contribution in [1.29, 1.82) is 0 Å². The number of thiocarbonyl (C=S) groups is 1. The van der Waals surface area contributed by atoms with Gasteiger partial charge in [-0.05, 0) is 12.0 Å². The van der Waals surface area contributed by atoms with Crippen LogP contribution in [0.15, 0.2) is 18.5 Å². The second kappa shape index (κ2) is 5.58. The van der Waals surface area contributed by atoms with E-state index < -0.39 is 11.9 Å². The summed E-state index contributed by atoms with van der Waals surface area (Å²) in [5.41, 5.74) is 12.2. The number of primary amides is 1. The molecule has 1 heterocycles. The molecule has 1 atom stereocenters. The van der Waals surface area contributed by atoms with Crippen LogP contribution in [0.5, 0.6) is 0 Å². The van der Waals surface area contributed by atoms with Gasteiger partial charge in [0.25, 0.3) is 0 Å². The molecule has 0 saturated carbocycles. The molecule has 0 aliphatic carbocycles. The maximum atomic E-state index is 11.3. The van der Waals surface area contributed by atoms with Gasteiger partial charge in [0.05, 0.1) is 11.9 Å². The topological polar surface area (TPSA) is 94.0 Å². The minimum absolute atomic E-state index is 0.0619. The molecule has 0 fully saturated rings. The number of hydrogen-bond acceptors (Lipinski definition) is 4. The average Bonchev–Trinajstić information content (AvgIpc) is 2.25. The van der Waals surface area contributed by atoms with Crippen LogP contribution in [0.1, 0.15) is 19.4 Å². The van der Waals surface area contributed by atoms with Crippen LogP contribution < -0.4 is 16.8 Å². The largest absolute Gasteiger partial charge is 0.389 e. The average molecular weight is 252 g/mol. The third-order valence-corrected chi connectivity index (χ3v) is 2.59. The molecule has 5 N–H and O–H groups in total. The van der Waals surface area contributed by atoms with Gasteiger partial charge in [-0.2, -0.15) is 0 Å². The van der Waals surface area contributed by atoms with E-state index in [1.165, 1.54) is 0 Å². The van der Waals surface area contributed by atoms with Crippen LogP contribution in [0.3, 0.4) is 0 Å². The summed E-state index contributed by atoms with van der Waals surface area (Å²) < 4.78 is 0. The van der Waals surface area contributed by atoms with Gasteiger partial charge < -0.3 is 16.8 Å². The highest BCUT2D eigenvalue weighted by Gasteiger charge is 2.20. The Morgan fingerprint density at radius 3 is 2.59 bits per heavy atom. The Morgan fingerprint density at radius 2 is 2.12 bits per heavy atom. The SMILES string of the molecule is CC(C)C(Nc1cnccc1C(N)=S)C(N)=O. The number of carbonyl (C=O) groups is 1. The summed E-state index contributed by atoms with van der Waals surface area (Å²) in [5.74, 6) is -0.357. The van der Waals surface area contributed by atoms with Gasteiger partial charge in [-0.3, -0.25) is 9.78 Å². The molecule has 0 radical (unpaired) electrons. The highest BCUT2D eigenvalue weighted by atomic mass is 32.1. The molecule has 0 aromatic carbocycles. The number of aromatic nitrogens is 1. The van der Waals surface area contributed by atoms with E-state index in [9.17, 15) is 4.79 Å². The van der Waals surface area contributed by atoms with Crippen molar-refractivity contribution in [2.75, 3.05) is 5.32 Å². The summed E-state index contributed by atoms with van der Waals surface area (Å²) in [5, 5.41) is 3.02. The molecule has 92 valence electrons. The maximum absolute atomic E-state index is 11.3. The highest BCUT2D eigenvalue weighted by molar-refractivity contribution is 7.80. The predicted molar refractivity (Wildman–Crippen MR) is 71.6 cm³/mol. The number of rotatable bonds is 5. The zero-order chi connectivity index (χ0) is 13.0. The molecule has 1 amide bonds. The van der Waals surface area contributed by atoms with E-state index in [0.29, 0.717) is 11.3 Å². The van der Waals surface area contributed by atoms with Crippen molar-refractivity contribution in [1.82, 2.24) is 4.98 Å². The first-order valence-corrected chi connectivity index (χ1v) is 5.64. The lowest BCUT2D eigenvalue weighted by Gasteiger charge is -2.21. The third kappa shape index (κ3) is 3.39. The molecule has 0 bridgehead atoms. The summed E-state index contributed by atoms with van der Waals surface area (Å²) >= 11 is 4.93. The monoisotopic (exact) mass is 252 g/mol. The van der Waals surface area contributed by atoms with Gasteiger partial charge >= 0.3 is 0 Å². The fourth-order valence-electron chi connectivity index (χ4n) is 1.46. The lowest BCUT2D eigenvalue weighted by atomic mass is 10.0. The van der Waals surface area contributed by atoms with Crippen LogP contribution in [0.25, 0.3) is 0 Å². The lowest BCUT2D eigenvalue weighted by molar-refractivity contribution is -0.119. The summed E-state index contributed by atoms with van der Waals surface area (Å²) in [6, 6.07) is 1.22. The molecule has 0 aliphatic rings. The Bertz CT molecular complexity index is 433. The number of pyridine rings is 1. The number of nitrogens with two attached hydrogens (primary N) is 2. The molecule has 0 saturated heterocycles. The lowest BCUT2D eigenvalue weighted by Crippen LogP contribution is -2.40. The van der Waals surface area contributed by atoms with E-state index in [1.54, 1.807) is 18.5 Å². The zero-order valence-corrected chi connectivity index (χ0v) is 10.6. The van der Waals surface area contributed by atoms with Crippen LogP contribution in [0.2, 0.25) is 0 Å². The number of hydrogen-bond donors (Lipinski definition) is 3. The normalized spacial score (nSPS) is 12.2. The summed E-state index contributed by atoms with van der Waals surface area (Å²) in [4.78, 5) is 15.5. The van der Waals surface area contributed by atoms with Crippen LogP contribution >= 0.6 is 12.2 Å². The van der Waals surface area contributed by atoms with Gasteiger partial charge in [0, 0.05) is 11.8 Å². The summed E-state index contributed by atoms with van der Waals surface area (Å²) in [6.07, 6.45) is 3.17. The van der Waals surface area contributed by atoms with Crippen molar-refractivity contribution in [2.45, 2.75) is 19.9 Å². The standard InChI is InChI=1S/C11H16N4OS/c1-6(2)9(10(12)16)15-8-5-14-4-3-7(8)11(13)17/h3-6,9,15H,1-2H3,(H2,12,16)(H2,13,17). The van der Waals surface area contributed by atoms with Crippen molar-refractivity contribution < 1.29 is 4.79 Å². The van der Waals surface area contributed by atoms with Gasteiger partial charge in [-0.25, -0.2) is 0 Å². The number of amides is 1. The molecule has 1 aromatic rings. The van der Waals surface area contributed by atoms with E-state index >= 15 is 0 Å². The smallest absolute Gasteiger partial charge is 0.240 e. The van der Waals surface area contributed by atoms with Crippen molar-refractivity contribution in [3.05, 3.63) is 24.0 Å². The van der Waals surface area contributed by atoms with E-state index in [0.717, 1.165) is 0 Å². The van der Waals surface area contributed by atoms with Crippen LogP contribution in [0, 0.1) is 5.92 Å². The molecular formula is C11H16N4OS. The minimum atomic E-state index is -0.479. The van der Waals surface area contributed by atoms with Crippen LogP contribution in [-0.2, 0) is 4.79 Å². The fraction of sp³-hybridized carbons (Fsp3) is 0.364. The first-order valence-electron chi connectivity index (χ1n) is 5.23. The Hall–Kier alpha value is -1.69. The Kier molecular flexibility index (Phi) is 4.39. The van der Waals surface area contributed by atoms with Gasteiger partial charge in [0.15, 0.2) is 0 Å². The second-order valence-electron chi connectivity index (χ2n) is 4.05. The fourth-order valence-corrected chi connectivity index (χ4v) is 1.64. The zero-order valence-electron chi connectivity index (χ0n) is 9.81. The van der Waals surface area contributed by atoms with E-state index in [2.05, 4.69) is 10.3 Å². The van der Waals surface area contributed by atoms with Crippen LogP contribution in [0.4, 0.5) is 5.69 Å². The molecule has 17 heavy (non-hydrogen) atoms. The van der Waals surface area contributed by atoms with Crippen LogP contribution in [-0.4, -0.2) is 21.9 Å². The van der Waals surface area contributed by atoms with Gasteiger partial charge in [0.2, 0.25) is 5.91 Å². The molecule has 0 aliphatic heterocycles. The number of anilines is 1. The first-order chi connectivity index (χ1) is 7.93. The maximum Gasteiger partial charge on any atom is 0.240 e. The Morgan fingerprint density at radius 1 is 1.47 bits per heavy atom. The molecule has 0 spiro atoms. The Labute approximate surface area is 106 Å². The number of nitrogens with one attached hydrogen (secondary N) is 1. The summed E-state index contributed by atoms with van der Waals surface area (Å²) in [6.45, 7) is 3.80. The van der Waals surface area contributed by atoms with Crippen molar-refractivity contribution in [3.8, 4) is 0 Å². The van der Waals surface area contributed by atoms with Gasteiger partial charge in [0.1, 0.15) is 11.0 Å². The molecular weight excluding hydrogens is 236 g/mol. The second-order valence-corrected chi connectivity index (χ2v) is 4.49. The van der Waals surface area contributed by atoms with E-state index in [1.807, 2.05) is 13.8 Å². The number of carbonyl (C=O) groups excluding carboxylic acids is 1. The molecule has 1 unspecified atom stereocenters. The molecule has 1 rings (SSSR count). The minimum Gasteiger partial charge on any atom is -0.389 e. The predicted octanol–water partition coefficient (Wildman–Crippen LogP) is 0.638. The van der Waals surface area contributed by atoms with Crippen molar-refractivity contribution in [3.63, 3.8) is 0 Å². The van der Waals surface area contributed by atoms with Crippen molar-refractivity contribution >= 4 is 28.8 Å². The Balaban J connectivity index is 3.01. The molecule has 6 heteroatoms. The quantitative estimate of drug-likeness (QED) is 0.668. The van der Waals surface area contributed by atoms with E-state index in [4.69, 9.17) is 23.7 Å². The number of nitrogens with zero attached hydrogens (tertiary/aromatic N) is 1. The summed E-state index contributed by atoms with van der Waals surface area (Å²) in [7, 11) is 0. The highest BCUT2D eigenvalue weighted by Crippen LogP contribution is 2.16.